The summed E-state index contributed by atoms with van der Waals surface area (Å²) in [6.45, 7) is 6.80. The standard InChI is InChI=1S/C19H26O7/c1-6-5-8(20)15(24)18(3)9(6)12(22)16-19(4)10(17(25)26-16)7(2)11(21)13(23)14(18)19/h5,7,9-16,21-24H,1-4H3/t7-,9+,10+,11-,12-,13-,14-,15-,16-,18+,19+/m1/s1. The van der Waals surface area contributed by atoms with Crippen molar-refractivity contribution in [2.75, 3.05) is 0 Å². The molecule has 144 valence electrons. The number of aliphatic hydroxyl groups is 4. The summed E-state index contributed by atoms with van der Waals surface area (Å²) in [6, 6.07) is 0. The minimum Gasteiger partial charge on any atom is -0.459 e. The summed E-state index contributed by atoms with van der Waals surface area (Å²) >= 11 is 0. The maximum Gasteiger partial charge on any atom is 0.310 e. The lowest BCUT2D eigenvalue weighted by molar-refractivity contribution is -0.266. The van der Waals surface area contributed by atoms with Crippen LogP contribution in [-0.4, -0.2) is 62.7 Å². The average Bonchev–Trinajstić information content (AvgIpc) is 2.81. The summed E-state index contributed by atoms with van der Waals surface area (Å²) in [4.78, 5) is 25.0. The lowest BCUT2D eigenvalue weighted by atomic mass is 9.39. The minimum atomic E-state index is -1.44. The molecule has 7 nitrogen and oxygen atoms in total. The van der Waals surface area contributed by atoms with Crippen molar-refractivity contribution in [3.05, 3.63) is 11.6 Å². The van der Waals surface area contributed by atoms with Crippen LogP contribution >= 0.6 is 0 Å². The van der Waals surface area contributed by atoms with E-state index in [0.29, 0.717) is 5.57 Å². The van der Waals surface area contributed by atoms with Gasteiger partial charge in [-0.05, 0) is 18.9 Å². The Hall–Kier alpha value is -1.28. The molecule has 1 saturated heterocycles. The van der Waals surface area contributed by atoms with Crippen molar-refractivity contribution in [1.82, 2.24) is 0 Å². The van der Waals surface area contributed by atoms with E-state index in [2.05, 4.69) is 0 Å². The Morgan fingerprint density at radius 1 is 0.962 bits per heavy atom. The van der Waals surface area contributed by atoms with E-state index in [-0.39, 0.29) is 0 Å². The Morgan fingerprint density at radius 3 is 2.19 bits per heavy atom. The van der Waals surface area contributed by atoms with Crippen LogP contribution in [-0.2, 0) is 14.3 Å². The summed E-state index contributed by atoms with van der Waals surface area (Å²) in [5.41, 5.74) is -1.65. The van der Waals surface area contributed by atoms with E-state index >= 15 is 0 Å². The van der Waals surface area contributed by atoms with Crippen molar-refractivity contribution in [1.29, 1.82) is 0 Å². The maximum absolute atomic E-state index is 12.6. The predicted octanol–water partition coefficient (Wildman–Crippen LogP) is -0.591. The van der Waals surface area contributed by atoms with Crippen LogP contribution in [0.25, 0.3) is 0 Å². The molecule has 4 rings (SSSR count). The Bertz CT molecular complexity index is 717. The summed E-state index contributed by atoms with van der Waals surface area (Å²) in [5, 5.41) is 43.6. The van der Waals surface area contributed by atoms with E-state index in [9.17, 15) is 30.0 Å². The van der Waals surface area contributed by atoms with Crippen molar-refractivity contribution in [3.63, 3.8) is 0 Å². The molecule has 7 heteroatoms. The second-order valence-electron chi connectivity index (χ2n) is 9.05. The fraction of sp³-hybridized carbons (Fsp3) is 0.789. The fourth-order valence-electron chi connectivity index (χ4n) is 6.99. The van der Waals surface area contributed by atoms with Crippen molar-refractivity contribution >= 4 is 11.8 Å². The predicted molar refractivity (Wildman–Crippen MR) is 88.5 cm³/mol. The van der Waals surface area contributed by atoms with Crippen LogP contribution < -0.4 is 0 Å². The van der Waals surface area contributed by atoms with Gasteiger partial charge in [0.15, 0.2) is 5.78 Å². The number of fused-ring (bicyclic) bond motifs is 2. The first-order valence-electron chi connectivity index (χ1n) is 9.13. The molecule has 26 heavy (non-hydrogen) atoms. The number of carbonyl (C=O) groups is 2. The van der Waals surface area contributed by atoms with Gasteiger partial charge in [-0.2, -0.15) is 0 Å². The molecule has 2 saturated carbocycles. The molecule has 0 aromatic carbocycles. The third-order valence-electron chi connectivity index (χ3n) is 7.92. The highest BCUT2D eigenvalue weighted by atomic mass is 16.6. The minimum absolute atomic E-state index is 0.488. The normalized spacial score (nSPS) is 58.6. The highest BCUT2D eigenvalue weighted by molar-refractivity contribution is 5.96. The Morgan fingerprint density at radius 2 is 1.58 bits per heavy atom. The van der Waals surface area contributed by atoms with Gasteiger partial charge in [-0.1, -0.05) is 26.3 Å². The lowest BCUT2D eigenvalue weighted by Crippen LogP contribution is -2.74. The van der Waals surface area contributed by atoms with E-state index in [0.717, 1.165) is 0 Å². The van der Waals surface area contributed by atoms with Crippen LogP contribution in [0, 0.1) is 34.5 Å². The Balaban J connectivity index is 2.00. The van der Waals surface area contributed by atoms with Gasteiger partial charge < -0.3 is 25.2 Å². The van der Waals surface area contributed by atoms with Gasteiger partial charge in [-0.15, -0.1) is 0 Å². The Kier molecular flexibility index (Phi) is 3.59. The number of rotatable bonds is 0. The molecule has 0 amide bonds. The zero-order valence-electron chi connectivity index (χ0n) is 15.3. The van der Waals surface area contributed by atoms with Crippen LogP contribution in [0.4, 0.5) is 0 Å². The zero-order valence-corrected chi connectivity index (χ0v) is 15.3. The summed E-state index contributed by atoms with van der Waals surface area (Å²) in [5.74, 6) is -3.75. The van der Waals surface area contributed by atoms with Crippen LogP contribution in [0.2, 0.25) is 0 Å². The van der Waals surface area contributed by atoms with Crippen LogP contribution in [0.5, 0.6) is 0 Å². The molecule has 4 aliphatic rings. The molecule has 0 radical (unpaired) electrons. The number of carbonyl (C=O) groups excluding carboxylic acids is 2. The van der Waals surface area contributed by atoms with Crippen LogP contribution in [0.1, 0.15) is 27.7 Å². The van der Waals surface area contributed by atoms with Gasteiger partial charge in [-0.3, -0.25) is 9.59 Å². The highest BCUT2D eigenvalue weighted by Crippen LogP contribution is 2.68. The maximum atomic E-state index is 12.6. The van der Waals surface area contributed by atoms with Crippen molar-refractivity contribution in [2.24, 2.45) is 34.5 Å². The van der Waals surface area contributed by atoms with Gasteiger partial charge in [0.1, 0.15) is 12.2 Å². The molecular formula is C19H26O7. The Labute approximate surface area is 151 Å². The number of hydrogen-bond donors (Lipinski definition) is 4. The van der Waals surface area contributed by atoms with Gasteiger partial charge in [0.25, 0.3) is 0 Å². The van der Waals surface area contributed by atoms with E-state index in [1.807, 2.05) is 0 Å². The fourth-order valence-corrected chi connectivity index (χ4v) is 6.99. The van der Waals surface area contributed by atoms with Gasteiger partial charge in [0.2, 0.25) is 0 Å². The molecule has 0 aromatic heterocycles. The molecule has 1 aliphatic heterocycles. The summed E-state index contributed by atoms with van der Waals surface area (Å²) < 4.78 is 5.56. The lowest BCUT2D eigenvalue weighted by Gasteiger charge is -2.65. The second-order valence-corrected chi connectivity index (χ2v) is 9.05. The number of ketones is 1. The van der Waals surface area contributed by atoms with Crippen molar-refractivity contribution in [3.8, 4) is 0 Å². The molecule has 4 N–H and O–H groups in total. The van der Waals surface area contributed by atoms with E-state index < -0.39 is 76.8 Å². The smallest absolute Gasteiger partial charge is 0.310 e. The van der Waals surface area contributed by atoms with Crippen LogP contribution in [0.15, 0.2) is 11.6 Å². The molecule has 0 bridgehead atoms. The second kappa shape index (κ2) is 5.16. The van der Waals surface area contributed by atoms with Gasteiger partial charge in [-0.25, -0.2) is 0 Å². The van der Waals surface area contributed by atoms with Crippen LogP contribution in [0.3, 0.4) is 0 Å². The number of ether oxygens (including phenoxy) is 1. The molecule has 0 spiro atoms. The molecular weight excluding hydrogens is 340 g/mol. The van der Waals surface area contributed by atoms with E-state index in [1.54, 1.807) is 27.7 Å². The molecule has 0 unspecified atom stereocenters. The monoisotopic (exact) mass is 366 g/mol. The third-order valence-corrected chi connectivity index (χ3v) is 7.92. The quantitative estimate of drug-likeness (QED) is 0.422. The summed E-state index contributed by atoms with van der Waals surface area (Å²) in [6.07, 6.45) is -4.55. The topological polar surface area (TPSA) is 124 Å². The first kappa shape index (κ1) is 18.1. The third kappa shape index (κ3) is 1.73. The SMILES string of the molecule is CC1=CC(=O)[C@@H](O)[C@]2(C)[C@H]3[C@H](O)[C@H](O)[C@H](C)[C@H]4C(=O)O[C@H]([C@H](O)[C@H]12)[C@]34C. The first-order chi connectivity index (χ1) is 12.0. The summed E-state index contributed by atoms with van der Waals surface area (Å²) in [7, 11) is 0. The van der Waals surface area contributed by atoms with Crippen molar-refractivity contribution in [2.45, 2.75) is 58.2 Å². The molecule has 3 fully saturated rings. The van der Waals surface area contributed by atoms with Gasteiger partial charge in [0.05, 0.1) is 24.2 Å². The van der Waals surface area contributed by atoms with E-state index in [4.69, 9.17) is 4.74 Å². The van der Waals surface area contributed by atoms with Crippen molar-refractivity contribution < 1.29 is 34.8 Å². The van der Waals surface area contributed by atoms with E-state index in [1.165, 1.54) is 6.08 Å². The number of aliphatic hydroxyl groups excluding tert-OH is 4. The zero-order chi connectivity index (χ0) is 19.3. The first-order valence-corrected chi connectivity index (χ1v) is 9.13. The highest BCUT2D eigenvalue weighted by Gasteiger charge is 2.77. The number of hydrogen-bond acceptors (Lipinski definition) is 7. The molecule has 0 aromatic rings. The average molecular weight is 366 g/mol. The molecule has 11 atom stereocenters. The van der Waals surface area contributed by atoms with Gasteiger partial charge in [0, 0.05) is 22.7 Å². The van der Waals surface area contributed by atoms with Gasteiger partial charge >= 0.3 is 5.97 Å². The molecule has 3 aliphatic carbocycles. The largest absolute Gasteiger partial charge is 0.459 e. The molecule has 1 heterocycles. The number of esters is 1.